The third-order valence-electron chi connectivity index (χ3n) is 0.167. The van der Waals surface area contributed by atoms with E-state index in [9.17, 15) is 0 Å². The summed E-state index contributed by atoms with van der Waals surface area (Å²) in [6.07, 6.45) is 2.84. The minimum Gasteiger partial charge on any atom is -0.307 e. The third kappa shape index (κ3) is 66.9. The molecule has 0 spiro atoms. The maximum Gasteiger partial charge on any atom is 0.106 e. The van der Waals surface area contributed by atoms with Gasteiger partial charge in [-0.05, 0) is 6.16 Å². The van der Waals surface area contributed by atoms with E-state index in [-0.39, 0.29) is 16.5 Å². The summed E-state index contributed by atoms with van der Waals surface area (Å²) in [7, 11) is 2.54. The van der Waals surface area contributed by atoms with Crippen LogP contribution in [0.15, 0.2) is 12.7 Å². The topological polar surface area (TPSA) is 17.1 Å². The van der Waals surface area contributed by atoms with Crippen LogP contribution in [-0.2, 0) is 21.3 Å². The van der Waals surface area contributed by atoms with Crippen molar-refractivity contribution >= 4 is 16.0 Å². The molecule has 0 bridgehead atoms. The van der Waals surface area contributed by atoms with Gasteiger partial charge < -0.3 is 4.79 Å². The summed E-state index contributed by atoms with van der Waals surface area (Å²) in [4.78, 5) is 8.00. The first-order valence-corrected chi connectivity index (χ1v) is 2.33. The first-order chi connectivity index (χ1) is 2.91. The molecular formula is C4H9NiOP. The predicted molar refractivity (Wildman–Crippen MR) is 31.9 cm³/mol. The van der Waals surface area contributed by atoms with Crippen LogP contribution in [0.3, 0.4) is 0 Å². The van der Waals surface area contributed by atoms with E-state index in [0.29, 0.717) is 0 Å². The minimum atomic E-state index is 0. The average Bonchev–Trinajstić information content (AvgIpc) is 1.72. The minimum absolute atomic E-state index is 0. The smallest absolute Gasteiger partial charge is 0.106 e. The fraction of sp³-hybridized carbons (Fsp3) is 0.250. The van der Waals surface area contributed by atoms with Gasteiger partial charge in [-0.25, -0.2) is 0 Å². The normalized spacial score (nSPS) is 4.14. The molecule has 0 saturated carbocycles. The molecule has 0 saturated heterocycles. The molecule has 0 fully saturated rings. The van der Waals surface area contributed by atoms with E-state index in [0.717, 1.165) is 6.16 Å². The molecule has 0 aromatic heterocycles. The Labute approximate surface area is 56.7 Å². The van der Waals surface area contributed by atoms with Crippen molar-refractivity contribution in [3.05, 3.63) is 12.7 Å². The van der Waals surface area contributed by atoms with Gasteiger partial charge in [0.2, 0.25) is 0 Å². The number of hydrogen-bond acceptors (Lipinski definition) is 1. The van der Waals surface area contributed by atoms with Crippen LogP contribution >= 0.6 is 9.24 Å². The second kappa shape index (κ2) is 33.1. The van der Waals surface area contributed by atoms with Crippen molar-refractivity contribution in [3.63, 3.8) is 0 Å². The Morgan fingerprint density at radius 2 is 1.71 bits per heavy atom. The third-order valence-corrected chi connectivity index (χ3v) is 0.500. The molecule has 0 radical (unpaired) electrons. The molecule has 46 valence electrons. The van der Waals surface area contributed by atoms with Gasteiger partial charge in [0.1, 0.15) is 6.79 Å². The van der Waals surface area contributed by atoms with E-state index < -0.39 is 0 Å². The van der Waals surface area contributed by atoms with Gasteiger partial charge in [0, 0.05) is 16.5 Å². The maximum absolute atomic E-state index is 8.00. The Bertz CT molecular complexity index is 32.9. The molecule has 0 heterocycles. The van der Waals surface area contributed by atoms with E-state index in [1.807, 2.05) is 12.9 Å². The SMILES string of the molecule is C=CCP.C=O.[Ni]. The van der Waals surface area contributed by atoms with E-state index in [4.69, 9.17) is 4.79 Å². The zero-order chi connectivity index (χ0) is 5.41. The fourth-order valence-electron chi connectivity index (χ4n) is 0. The molecule has 7 heavy (non-hydrogen) atoms. The molecule has 0 rings (SSSR count). The van der Waals surface area contributed by atoms with E-state index >= 15 is 0 Å². The summed E-state index contributed by atoms with van der Waals surface area (Å²) in [5.74, 6) is 0. The summed E-state index contributed by atoms with van der Waals surface area (Å²) in [6, 6.07) is 0. The second-order valence-electron chi connectivity index (χ2n) is 0.524. The molecule has 1 nitrogen and oxygen atoms in total. The van der Waals surface area contributed by atoms with Crippen molar-refractivity contribution in [1.29, 1.82) is 0 Å². The Kier molecular flexibility index (Phi) is 74.0. The van der Waals surface area contributed by atoms with Crippen molar-refractivity contribution in [2.24, 2.45) is 0 Å². The van der Waals surface area contributed by atoms with Gasteiger partial charge in [-0.1, -0.05) is 6.08 Å². The molecular weight excluding hydrogens is 154 g/mol. The molecule has 0 aliphatic rings. The standard InChI is InChI=1S/C3H7P.CH2O.Ni/c1-2-3-4;1-2;/h2H,1,3-4H2;1H2;. The Hall–Kier alpha value is 0.334. The van der Waals surface area contributed by atoms with Crippen molar-refractivity contribution in [3.8, 4) is 0 Å². The van der Waals surface area contributed by atoms with Crippen LogP contribution in [0.1, 0.15) is 0 Å². The van der Waals surface area contributed by atoms with Crippen molar-refractivity contribution in [1.82, 2.24) is 0 Å². The van der Waals surface area contributed by atoms with Crippen molar-refractivity contribution < 1.29 is 21.3 Å². The predicted octanol–water partition coefficient (Wildman–Crippen LogP) is 0.860. The second-order valence-corrected chi connectivity index (χ2v) is 0.996. The summed E-state index contributed by atoms with van der Waals surface area (Å²) >= 11 is 0. The quantitative estimate of drug-likeness (QED) is 0.318. The average molecular weight is 163 g/mol. The first-order valence-electron chi connectivity index (χ1n) is 1.51. The number of allylic oxidation sites excluding steroid dienone is 1. The maximum atomic E-state index is 8.00. The number of carbonyl (C=O) groups excluding carboxylic acids is 1. The van der Waals surface area contributed by atoms with Gasteiger partial charge in [-0.2, -0.15) is 0 Å². The molecule has 0 aliphatic carbocycles. The molecule has 1 unspecified atom stereocenters. The van der Waals surface area contributed by atoms with Gasteiger partial charge in [0.15, 0.2) is 0 Å². The van der Waals surface area contributed by atoms with E-state index in [1.165, 1.54) is 0 Å². The fourth-order valence-corrected chi connectivity index (χ4v) is 0. The summed E-state index contributed by atoms with van der Waals surface area (Å²) < 4.78 is 0. The zero-order valence-electron chi connectivity index (χ0n) is 4.00. The number of hydrogen-bond donors (Lipinski definition) is 0. The largest absolute Gasteiger partial charge is 0.307 e. The molecule has 3 heteroatoms. The Morgan fingerprint density at radius 3 is 1.71 bits per heavy atom. The Balaban J connectivity index is -0.0000000480. The van der Waals surface area contributed by atoms with E-state index in [2.05, 4.69) is 15.8 Å². The molecule has 0 aromatic carbocycles. The van der Waals surface area contributed by atoms with Crippen LogP contribution in [0.4, 0.5) is 0 Å². The van der Waals surface area contributed by atoms with Crippen molar-refractivity contribution in [2.45, 2.75) is 0 Å². The number of carbonyl (C=O) groups is 1. The van der Waals surface area contributed by atoms with Gasteiger partial charge in [0.05, 0.1) is 0 Å². The summed E-state index contributed by atoms with van der Waals surface area (Å²) in [6.45, 7) is 5.46. The molecule has 0 aliphatic heterocycles. The summed E-state index contributed by atoms with van der Waals surface area (Å²) in [5, 5.41) is 0. The first kappa shape index (κ1) is 15.7. The van der Waals surface area contributed by atoms with Crippen LogP contribution in [-0.4, -0.2) is 13.0 Å². The zero-order valence-corrected chi connectivity index (χ0v) is 6.14. The van der Waals surface area contributed by atoms with Crippen LogP contribution in [0.5, 0.6) is 0 Å². The van der Waals surface area contributed by atoms with Crippen LogP contribution in [0, 0.1) is 0 Å². The van der Waals surface area contributed by atoms with Crippen molar-refractivity contribution in [2.75, 3.05) is 6.16 Å². The van der Waals surface area contributed by atoms with Crippen LogP contribution in [0.25, 0.3) is 0 Å². The van der Waals surface area contributed by atoms with E-state index in [1.54, 1.807) is 0 Å². The monoisotopic (exact) mass is 162 g/mol. The Morgan fingerprint density at radius 1 is 1.57 bits per heavy atom. The number of rotatable bonds is 1. The molecule has 1 atom stereocenters. The molecule has 0 N–H and O–H groups in total. The molecule has 0 amide bonds. The van der Waals surface area contributed by atoms with Crippen LogP contribution in [0.2, 0.25) is 0 Å². The van der Waals surface area contributed by atoms with Crippen LogP contribution < -0.4 is 0 Å². The summed E-state index contributed by atoms with van der Waals surface area (Å²) in [5.41, 5.74) is 0. The van der Waals surface area contributed by atoms with Gasteiger partial charge >= 0.3 is 0 Å². The molecule has 0 aromatic rings. The van der Waals surface area contributed by atoms with Gasteiger partial charge in [-0.15, -0.1) is 15.8 Å². The van der Waals surface area contributed by atoms with Gasteiger partial charge in [0.25, 0.3) is 0 Å². The van der Waals surface area contributed by atoms with Gasteiger partial charge in [-0.3, -0.25) is 0 Å².